The van der Waals surface area contributed by atoms with E-state index in [0.717, 1.165) is 5.56 Å². The second kappa shape index (κ2) is 11.8. The molecule has 0 fully saturated rings. The second-order valence-electron chi connectivity index (χ2n) is 4.98. The average Bonchev–Trinajstić information content (AvgIpc) is 2.44. The Labute approximate surface area is 152 Å². The molecule has 0 N–H and O–H groups in total. The Morgan fingerprint density at radius 2 is 1.64 bits per heavy atom. The Morgan fingerprint density at radius 1 is 1.09 bits per heavy atom. The smallest absolute Gasteiger partial charge is 0.0572 e. The zero-order valence-corrected chi connectivity index (χ0v) is 13.5. The van der Waals surface area contributed by atoms with E-state index in [0.29, 0.717) is 0 Å². The van der Waals surface area contributed by atoms with Crippen LogP contribution in [0.25, 0.3) is 0 Å². The SMILES string of the molecule is CC(Cl)c1cccnc1.[B][B]B(B([B])[B])B(B([B])[B])B([B])[B]. The highest BCUT2D eigenvalue weighted by Gasteiger charge is 2.32. The highest BCUT2D eigenvalue weighted by atomic mass is 35.5. The molecule has 15 heteroatoms. The van der Waals surface area contributed by atoms with Gasteiger partial charge < -0.3 is 0 Å². The second-order valence-corrected chi connectivity index (χ2v) is 5.64. The summed E-state index contributed by atoms with van der Waals surface area (Å²) in [5, 5.41) is 0.0682. The van der Waals surface area contributed by atoms with Crippen molar-refractivity contribution < 1.29 is 0 Å². The molecule has 0 aliphatic heterocycles. The van der Waals surface area contributed by atoms with Crippen LogP contribution in [0.4, 0.5) is 0 Å². The summed E-state index contributed by atoms with van der Waals surface area (Å²) >= 11 is 5.76. The molecule has 1 nitrogen and oxygen atoms in total. The Hall–Kier alpha value is 0.284. The fraction of sp³-hybridized carbons (Fsp3) is 0.286. The molecular formula is C7H8B13ClN. The number of hydrogen-bond acceptors (Lipinski definition) is 1. The highest BCUT2D eigenvalue weighted by molar-refractivity contribution is 8.07. The molecule has 87 valence electrons. The van der Waals surface area contributed by atoms with Crippen LogP contribution >= 0.6 is 11.6 Å². The summed E-state index contributed by atoms with van der Waals surface area (Å²) in [4.78, 5) is 3.92. The van der Waals surface area contributed by atoms with Crippen LogP contribution in [0.3, 0.4) is 0 Å². The molecule has 15 radical (unpaired) electrons. The Kier molecular flexibility index (Phi) is 11.9. The van der Waals surface area contributed by atoms with Crippen molar-refractivity contribution in [2.24, 2.45) is 0 Å². The van der Waals surface area contributed by atoms with E-state index in [1.807, 2.05) is 19.1 Å². The topological polar surface area (TPSA) is 12.9 Å². The zero-order chi connectivity index (χ0) is 17.3. The van der Waals surface area contributed by atoms with Gasteiger partial charge in [-0.15, -0.1) is 11.6 Å². The van der Waals surface area contributed by atoms with Crippen molar-refractivity contribution in [2.75, 3.05) is 0 Å². The van der Waals surface area contributed by atoms with Gasteiger partial charge in [-0.3, -0.25) is 4.98 Å². The molecule has 0 aromatic carbocycles. The molecular weight excluding hydrogens is 274 g/mol. The Balaban J connectivity index is 0.000000425. The first-order valence-electron chi connectivity index (χ1n) is 6.84. The lowest BCUT2D eigenvalue weighted by molar-refractivity contribution is 1.06. The van der Waals surface area contributed by atoms with Crippen molar-refractivity contribution in [3.05, 3.63) is 30.1 Å². The molecule has 1 atom stereocenters. The van der Waals surface area contributed by atoms with Gasteiger partial charge in [-0.05, 0) is 18.6 Å². The van der Waals surface area contributed by atoms with E-state index in [2.05, 4.69) is 4.98 Å². The van der Waals surface area contributed by atoms with Gasteiger partial charge in [0.2, 0.25) is 0 Å². The number of aromatic nitrogens is 1. The standard InChI is InChI=1S/C7H8ClN.B13/c1-6(8)7-3-2-4-9-5-7;1-8-12(9(2)3)13(10(4)5)11(6)7/h2-6H,1H3;. The van der Waals surface area contributed by atoms with E-state index >= 15 is 0 Å². The lowest BCUT2D eigenvalue weighted by Gasteiger charge is -2.31. The normalized spacial score (nSPS) is 10.5. The largest absolute Gasteiger partial charge is 0.264 e. The minimum atomic E-state index is -0.695. The van der Waals surface area contributed by atoms with Crippen molar-refractivity contribution >= 4 is 105 Å². The van der Waals surface area contributed by atoms with Crippen LogP contribution in [0, 0.1) is 0 Å². The lowest BCUT2D eigenvalue weighted by atomic mass is 8.50. The van der Waals surface area contributed by atoms with Gasteiger partial charge in [-0.2, -0.15) is 0 Å². The summed E-state index contributed by atoms with van der Waals surface area (Å²) in [5.41, 5.74) is 1.07. The van der Waals surface area contributed by atoms with Gasteiger partial charge in [0.1, 0.15) is 0 Å². The molecule has 0 aliphatic rings. The van der Waals surface area contributed by atoms with Gasteiger partial charge >= 0.3 is 0 Å². The monoisotopic (exact) mass is 284 g/mol. The number of rotatable bonds is 6. The lowest BCUT2D eigenvalue weighted by Crippen LogP contribution is -2.69. The van der Waals surface area contributed by atoms with Crippen LogP contribution < -0.4 is 0 Å². The van der Waals surface area contributed by atoms with Gasteiger partial charge in [0, 0.05) is 106 Å². The number of alkyl halides is 1. The summed E-state index contributed by atoms with van der Waals surface area (Å²) in [6.07, 6.45) is 0.642. The predicted molar refractivity (Wildman–Crippen MR) is 113 cm³/mol. The van der Waals surface area contributed by atoms with E-state index < -0.39 is 25.5 Å². The van der Waals surface area contributed by atoms with E-state index in [9.17, 15) is 0 Å². The van der Waals surface area contributed by atoms with Gasteiger partial charge in [0.25, 0.3) is 0 Å². The van der Waals surface area contributed by atoms with Crippen LogP contribution in [0.2, 0.25) is 0 Å². The molecule has 0 amide bonds. The number of halogens is 1. The first kappa shape index (κ1) is 22.3. The molecule has 0 bridgehead atoms. The van der Waals surface area contributed by atoms with Crippen molar-refractivity contribution in [1.29, 1.82) is 0 Å². The molecule has 1 rings (SSSR count). The molecule has 0 aliphatic carbocycles. The minimum absolute atomic E-state index is 0.0682. The summed E-state index contributed by atoms with van der Waals surface area (Å²) in [6.45, 7) is 1.93. The minimum Gasteiger partial charge on any atom is -0.264 e. The maximum Gasteiger partial charge on any atom is 0.0572 e. The summed E-state index contributed by atoms with van der Waals surface area (Å²) in [6, 6.07) is 3.85. The van der Waals surface area contributed by atoms with Crippen LogP contribution in [0.1, 0.15) is 17.9 Å². The fourth-order valence-electron chi connectivity index (χ4n) is 1.89. The van der Waals surface area contributed by atoms with Crippen molar-refractivity contribution in [1.82, 2.24) is 4.98 Å². The maximum absolute atomic E-state index is 5.76. The average molecular weight is 282 g/mol. The first-order chi connectivity index (χ1) is 10.2. The number of pyridine rings is 1. The predicted octanol–water partition coefficient (Wildman–Crippen LogP) is -2.57. The third kappa shape index (κ3) is 8.22. The quantitative estimate of drug-likeness (QED) is 0.413. The molecule has 1 aromatic rings. The molecule has 1 heterocycles. The van der Waals surface area contributed by atoms with Crippen molar-refractivity contribution in [3.63, 3.8) is 0 Å². The van der Waals surface area contributed by atoms with Crippen LogP contribution in [-0.4, -0.2) is 98.1 Å². The van der Waals surface area contributed by atoms with Crippen LogP contribution in [-0.2, 0) is 0 Å². The van der Waals surface area contributed by atoms with Gasteiger partial charge in [-0.1, -0.05) is 6.07 Å². The molecule has 1 aromatic heterocycles. The number of nitrogens with zero attached hydrogens (tertiary/aromatic N) is 1. The summed E-state index contributed by atoms with van der Waals surface area (Å²) in [7, 11) is 39.5. The summed E-state index contributed by atoms with van der Waals surface area (Å²) in [5.74, 6) is 0. The highest BCUT2D eigenvalue weighted by Crippen LogP contribution is 2.16. The van der Waals surface area contributed by atoms with E-state index in [1.54, 1.807) is 12.4 Å². The summed E-state index contributed by atoms with van der Waals surface area (Å²) < 4.78 is 0. The third-order valence-electron chi connectivity index (χ3n) is 3.14. The van der Waals surface area contributed by atoms with Crippen molar-refractivity contribution in [3.8, 4) is 0 Å². The van der Waals surface area contributed by atoms with E-state index in [-0.39, 0.29) is 11.8 Å². The molecule has 0 saturated heterocycles. The van der Waals surface area contributed by atoms with Crippen LogP contribution in [0.15, 0.2) is 24.5 Å². The van der Waals surface area contributed by atoms with Gasteiger partial charge in [0.15, 0.2) is 0 Å². The molecule has 0 spiro atoms. The van der Waals surface area contributed by atoms with Gasteiger partial charge in [-0.25, -0.2) is 0 Å². The van der Waals surface area contributed by atoms with E-state index in [4.69, 9.17) is 65.8 Å². The van der Waals surface area contributed by atoms with E-state index in [1.165, 1.54) is 7.06 Å². The Bertz CT molecular complexity index is 381. The molecule has 22 heavy (non-hydrogen) atoms. The first-order valence-corrected chi connectivity index (χ1v) is 7.28. The Morgan fingerprint density at radius 3 is 1.82 bits per heavy atom. The molecule has 0 saturated carbocycles. The zero-order valence-electron chi connectivity index (χ0n) is 12.7. The molecule has 1 unspecified atom stereocenters. The van der Waals surface area contributed by atoms with Crippen LogP contribution in [0.5, 0.6) is 0 Å². The van der Waals surface area contributed by atoms with Gasteiger partial charge in [0.05, 0.1) is 5.38 Å². The van der Waals surface area contributed by atoms with Crippen molar-refractivity contribution in [2.45, 2.75) is 12.3 Å². The number of hydrogen-bond donors (Lipinski definition) is 0. The third-order valence-corrected chi connectivity index (χ3v) is 3.40. The fourth-order valence-corrected chi connectivity index (χ4v) is 2.02. The maximum atomic E-state index is 5.76.